The van der Waals surface area contributed by atoms with Crippen molar-refractivity contribution < 1.29 is 5.11 Å². The number of rotatable bonds is 4. The number of aliphatic hydroxyl groups is 1. The Hall–Kier alpha value is -0.900. The summed E-state index contributed by atoms with van der Waals surface area (Å²) in [5, 5.41) is 11.4. The molecule has 0 amide bonds. The van der Waals surface area contributed by atoms with E-state index < -0.39 is 6.10 Å². The Bertz CT molecular complexity index is 429. The van der Waals surface area contributed by atoms with E-state index >= 15 is 0 Å². The van der Waals surface area contributed by atoms with Crippen LogP contribution in [0.4, 0.5) is 0 Å². The Morgan fingerprint density at radius 2 is 2.12 bits per heavy atom. The van der Waals surface area contributed by atoms with Crippen molar-refractivity contribution >= 4 is 21.4 Å². The summed E-state index contributed by atoms with van der Waals surface area (Å²) in [6.07, 6.45) is 0.485. The maximum atomic E-state index is 10.2. The van der Waals surface area contributed by atoms with Crippen LogP contribution in [0.2, 0.25) is 0 Å². The lowest BCUT2D eigenvalue weighted by molar-refractivity contribution is 0.113. The van der Waals surface area contributed by atoms with Gasteiger partial charge in [-0.25, -0.2) is 0 Å². The monoisotopic (exact) mass is 235 g/mol. The molecule has 16 heavy (non-hydrogen) atoms. The molecule has 86 valence electrons. The van der Waals surface area contributed by atoms with E-state index in [0.29, 0.717) is 6.54 Å². The van der Waals surface area contributed by atoms with Gasteiger partial charge >= 0.3 is 0 Å². The summed E-state index contributed by atoms with van der Waals surface area (Å²) in [5.41, 5.74) is 5.66. The summed E-state index contributed by atoms with van der Waals surface area (Å²) in [5.74, 6) is 0.160. The van der Waals surface area contributed by atoms with Gasteiger partial charge in [-0.05, 0) is 30.5 Å². The predicted octanol–water partition coefficient (Wildman–Crippen LogP) is 2.92. The molecule has 2 aromatic rings. The highest BCUT2D eigenvalue weighted by Gasteiger charge is 2.19. The zero-order valence-corrected chi connectivity index (χ0v) is 10.2. The molecule has 0 saturated heterocycles. The number of benzene rings is 1. The van der Waals surface area contributed by atoms with Gasteiger partial charge in [-0.15, -0.1) is 11.3 Å². The third-order valence-corrected chi connectivity index (χ3v) is 4.20. The number of aliphatic hydroxyl groups excluding tert-OH is 1. The van der Waals surface area contributed by atoms with Crippen LogP contribution in [-0.4, -0.2) is 11.7 Å². The SMILES string of the molecule is CCC(CN)C(O)c1cc2ccccc2s1. The first-order valence-corrected chi connectivity index (χ1v) is 6.44. The van der Waals surface area contributed by atoms with Gasteiger partial charge in [0.2, 0.25) is 0 Å². The van der Waals surface area contributed by atoms with E-state index in [0.717, 1.165) is 11.3 Å². The van der Waals surface area contributed by atoms with Crippen LogP contribution in [0.25, 0.3) is 10.1 Å². The van der Waals surface area contributed by atoms with Gasteiger partial charge in [0.05, 0.1) is 6.10 Å². The lowest BCUT2D eigenvalue weighted by atomic mass is 9.98. The van der Waals surface area contributed by atoms with Crippen molar-refractivity contribution in [2.24, 2.45) is 11.7 Å². The molecule has 0 bridgehead atoms. The van der Waals surface area contributed by atoms with Crippen molar-refractivity contribution in [3.8, 4) is 0 Å². The average Bonchev–Trinajstić information content (AvgIpc) is 2.74. The summed E-state index contributed by atoms with van der Waals surface area (Å²) in [6.45, 7) is 2.60. The molecule has 0 aliphatic carbocycles. The topological polar surface area (TPSA) is 46.2 Å². The molecule has 0 spiro atoms. The van der Waals surface area contributed by atoms with E-state index in [4.69, 9.17) is 5.73 Å². The molecule has 2 atom stereocenters. The summed E-state index contributed by atoms with van der Waals surface area (Å²) >= 11 is 1.66. The molecule has 0 fully saturated rings. The average molecular weight is 235 g/mol. The number of hydrogen-bond acceptors (Lipinski definition) is 3. The number of hydrogen-bond donors (Lipinski definition) is 2. The maximum Gasteiger partial charge on any atom is 0.0922 e. The molecule has 0 saturated carbocycles. The van der Waals surface area contributed by atoms with Crippen LogP contribution < -0.4 is 5.73 Å². The smallest absolute Gasteiger partial charge is 0.0922 e. The molecule has 2 rings (SSSR count). The van der Waals surface area contributed by atoms with Crippen molar-refractivity contribution in [2.45, 2.75) is 19.4 Å². The molecule has 1 heterocycles. The lowest BCUT2D eigenvalue weighted by Crippen LogP contribution is -2.20. The number of thiophene rings is 1. The van der Waals surface area contributed by atoms with Crippen LogP contribution in [0.5, 0.6) is 0 Å². The lowest BCUT2D eigenvalue weighted by Gasteiger charge is -2.18. The zero-order valence-electron chi connectivity index (χ0n) is 9.39. The van der Waals surface area contributed by atoms with Crippen LogP contribution in [-0.2, 0) is 0 Å². The second kappa shape index (κ2) is 4.95. The first kappa shape index (κ1) is 11.6. The third-order valence-electron chi connectivity index (χ3n) is 3.01. The van der Waals surface area contributed by atoms with Gasteiger partial charge in [0.15, 0.2) is 0 Å². The second-order valence-corrected chi connectivity index (χ2v) is 5.15. The Balaban J connectivity index is 2.32. The highest BCUT2D eigenvalue weighted by atomic mass is 32.1. The molecule has 3 heteroatoms. The Morgan fingerprint density at radius 3 is 2.75 bits per heavy atom. The van der Waals surface area contributed by atoms with E-state index in [2.05, 4.69) is 25.1 Å². The van der Waals surface area contributed by atoms with Crippen LogP contribution in [0.15, 0.2) is 30.3 Å². The minimum Gasteiger partial charge on any atom is -0.387 e. The van der Waals surface area contributed by atoms with Gasteiger partial charge in [-0.2, -0.15) is 0 Å². The zero-order chi connectivity index (χ0) is 11.5. The molecule has 0 aliphatic heterocycles. The van der Waals surface area contributed by atoms with Gasteiger partial charge in [-0.3, -0.25) is 0 Å². The molecule has 0 aliphatic rings. The summed E-state index contributed by atoms with van der Waals surface area (Å²) in [6, 6.07) is 10.3. The summed E-state index contributed by atoms with van der Waals surface area (Å²) in [7, 11) is 0. The largest absolute Gasteiger partial charge is 0.387 e. The molecular formula is C13H17NOS. The predicted molar refractivity (Wildman–Crippen MR) is 69.6 cm³/mol. The van der Waals surface area contributed by atoms with Gasteiger partial charge in [0, 0.05) is 15.5 Å². The van der Waals surface area contributed by atoms with Crippen molar-refractivity contribution in [3.63, 3.8) is 0 Å². The fourth-order valence-corrected chi connectivity index (χ4v) is 3.04. The molecule has 1 aromatic carbocycles. The fourth-order valence-electron chi connectivity index (χ4n) is 1.90. The van der Waals surface area contributed by atoms with Gasteiger partial charge < -0.3 is 10.8 Å². The fraction of sp³-hybridized carbons (Fsp3) is 0.385. The van der Waals surface area contributed by atoms with Crippen molar-refractivity contribution in [1.82, 2.24) is 0 Å². The van der Waals surface area contributed by atoms with Crippen molar-refractivity contribution in [1.29, 1.82) is 0 Å². The Kier molecular flexibility index (Phi) is 3.59. The van der Waals surface area contributed by atoms with Crippen molar-refractivity contribution in [2.75, 3.05) is 6.54 Å². The highest BCUT2D eigenvalue weighted by molar-refractivity contribution is 7.19. The highest BCUT2D eigenvalue weighted by Crippen LogP contribution is 2.33. The quantitative estimate of drug-likeness (QED) is 0.856. The summed E-state index contributed by atoms with van der Waals surface area (Å²) < 4.78 is 1.23. The first-order valence-electron chi connectivity index (χ1n) is 5.63. The van der Waals surface area contributed by atoms with Crippen molar-refractivity contribution in [3.05, 3.63) is 35.2 Å². The van der Waals surface area contributed by atoms with Crippen LogP contribution in [0.3, 0.4) is 0 Å². The molecule has 2 nitrogen and oxygen atoms in total. The molecule has 0 radical (unpaired) electrons. The normalized spacial score (nSPS) is 15.2. The summed E-state index contributed by atoms with van der Waals surface area (Å²) in [4.78, 5) is 1.03. The van der Waals surface area contributed by atoms with E-state index in [-0.39, 0.29) is 5.92 Å². The molecule has 3 N–H and O–H groups in total. The first-order chi connectivity index (χ1) is 7.76. The Labute approximate surface area is 99.7 Å². The van der Waals surface area contributed by atoms with Gasteiger partial charge in [0.25, 0.3) is 0 Å². The van der Waals surface area contributed by atoms with Crippen LogP contribution >= 0.6 is 11.3 Å². The van der Waals surface area contributed by atoms with E-state index in [1.807, 2.05) is 12.1 Å². The van der Waals surface area contributed by atoms with E-state index in [1.165, 1.54) is 10.1 Å². The van der Waals surface area contributed by atoms with Crippen LogP contribution in [0, 0.1) is 5.92 Å². The van der Waals surface area contributed by atoms with Gasteiger partial charge in [0.1, 0.15) is 0 Å². The third kappa shape index (κ3) is 2.12. The maximum absolute atomic E-state index is 10.2. The van der Waals surface area contributed by atoms with E-state index in [1.54, 1.807) is 11.3 Å². The van der Waals surface area contributed by atoms with Gasteiger partial charge in [-0.1, -0.05) is 25.1 Å². The minimum atomic E-state index is -0.424. The minimum absolute atomic E-state index is 0.160. The Morgan fingerprint density at radius 1 is 1.38 bits per heavy atom. The molecular weight excluding hydrogens is 218 g/mol. The molecule has 1 aromatic heterocycles. The second-order valence-electron chi connectivity index (χ2n) is 4.04. The van der Waals surface area contributed by atoms with E-state index in [9.17, 15) is 5.11 Å². The number of nitrogens with two attached hydrogens (primary N) is 1. The van der Waals surface area contributed by atoms with Crippen LogP contribution in [0.1, 0.15) is 24.3 Å². The standard InChI is InChI=1S/C13H17NOS/c1-2-9(8-14)13(15)12-7-10-5-3-4-6-11(10)16-12/h3-7,9,13,15H,2,8,14H2,1H3. The number of fused-ring (bicyclic) bond motifs is 1. The molecule has 2 unspecified atom stereocenters.